The zero-order valence-corrected chi connectivity index (χ0v) is 10.9. The van der Waals surface area contributed by atoms with Crippen LogP contribution in [0.5, 0.6) is 0 Å². The molecule has 1 unspecified atom stereocenters. The molecular weight excluding hydrogens is 264 g/mol. The fourth-order valence-electron chi connectivity index (χ4n) is 1.88. The molecule has 1 aliphatic rings. The Bertz CT molecular complexity index is 418. The second-order valence-corrected chi connectivity index (χ2v) is 5.39. The summed E-state index contributed by atoms with van der Waals surface area (Å²) in [5, 5.41) is 12.2. The molecule has 1 aromatic rings. The number of nitrogens with one attached hydrogen (secondary N) is 1. The molecule has 1 atom stereocenters. The molecule has 0 saturated heterocycles. The Kier molecular flexibility index (Phi) is 3.50. The Morgan fingerprint density at radius 3 is 2.88 bits per heavy atom. The smallest absolute Gasteiger partial charge is 0.0992 e. The van der Waals surface area contributed by atoms with Gasteiger partial charge in [0.05, 0.1) is 11.6 Å². The molecule has 2 rings (SSSR count). The Balaban J connectivity index is 2.00. The molecular formula is C13H15BrN2. The predicted molar refractivity (Wildman–Crippen MR) is 69.3 cm³/mol. The van der Waals surface area contributed by atoms with Gasteiger partial charge in [0.15, 0.2) is 0 Å². The number of hydrogen-bond acceptors (Lipinski definition) is 2. The molecule has 0 aromatic heterocycles. The quantitative estimate of drug-likeness (QED) is 0.906. The molecule has 1 saturated carbocycles. The van der Waals surface area contributed by atoms with Gasteiger partial charge < -0.3 is 5.32 Å². The number of benzene rings is 1. The molecule has 0 bridgehead atoms. The predicted octanol–water partition coefficient (Wildman–Crippen LogP) is 3.92. The number of nitriles is 1. The number of anilines is 1. The molecule has 0 amide bonds. The first-order valence-electron chi connectivity index (χ1n) is 5.65. The Morgan fingerprint density at radius 1 is 1.56 bits per heavy atom. The third-order valence-corrected chi connectivity index (χ3v) is 3.54. The van der Waals surface area contributed by atoms with Crippen LogP contribution in [0.15, 0.2) is 22.7 Å². The lowest BCUT2D eigenvalue weighted by molar-refractivity contribution is 0.642. The first kappa shape index (κ1) is 11.5. The minimum atomic E-state index is 0.497. The highest BCUT2D eigenvalue weighted by molar-refractivity contribution is 9.10. The van der Waals surface area contributed by atoms with Crippen LogP contribution >= 0.6 is 15.9 Å². The van der Waals surface area contributed by atoms with Gasteiger partial charge in [0.25, 0.3) is 0 Å². The molecule has 1 aliphatic carbocycles. The van der Waals surface area contributed by atoms with Crippen molar-refractivity contribution in [2.75, 3.05) is 5.32 Å². The minimum Gasteiger partial charge on any atom is -0.382 e. The summed E-state index contributed by atoms with van der Waals surface area (Å²) in [6.07, 6.45) is 4.02. The highest BCUT2D eigenvalue weighted by Crippen LogP contribution is 2.34. The lowest BCUT2D eigenvalue weighted by Crippen LogP contribution is -2.16. The third-order valence-electron chi connectivity index (χ3n) is 2.88. The van der Waals surface area contributed by atoms with Gasteiger partial charge >= 0.3 is 0 Å². The van der Waals surface area contributed by atoms with Crippen molar-refractivity contribution in [1.82, 2.24) is 0 Å². The van der Waals surface area contributed by atoms with E-state index in [4.69, 9.17) is 5.26 Å². The molecule has 0 spiro atoms. The van der Waals surface area contributed by atoms with Crippen molar-refractivity contribution < 1.29 is 0 Å². The van der Waals surface area contributed by atoms with Crippen molar-refractivity contribution in [2.24, 2.45) is 5.92 Å². The lowest BCUT2D eigenvalue weighted by atomic mass is 10.1. The molecule has 3 heteroatoms. The largest absolute Gasteiger partial charge is 0.382 e. The van der Waals surface area contributed by atoms with Crippen molar-refractivity contribution >= 4 is 21.6 Å². The maximum atomic E-state index is 8.77. The van der Waals surface area contributed by atoms with Crippen molar-refractivity contribution in [1.29, 1.82) is 5.26 Å². The number of hydrogen-bond donors (Lipinski definition) is 1. The summed E-state index contributed by atoms with van der Waals surface area (Å²) in [6, 6.07) is 8.29. The van der Waals surface area contributed by atoms with E-state index in [1.165, 1.54) is 19.3 Å². The van der Waals surface area contributed by atoms with Gasteiger partial charge in [-0.3, -0.25) is 0 Å². The average molecular weight is 279 g/mol. The lowest BCUT2D eigenvalue weighted by Gasteiger charge is -2.16. The van der Waals surface area contributed by atoms with Crippen molar-refractivity contribution in [3.05, 3.63) is 28.2 Å². The SMILES string of the molecule is CC(CC1CC1)Nc1ccc(C#N)cc1Br. The monoisotopic (exact) mass is 278 g/mol. The summed E-state index contributed by atoms with van der Waals surface area (Å²) in [5.74, 6) is 0.930. The van der Waals surface area contributed by atoms with Crippen LogP contribution in [-0.4, -0.2) is 6.04 Å². The maximum Gasteiger partial charge on any atom is 0.0992 e. The molecule has 1 aromatic carbocycles. The Labute approximate surface area is 105 Å². The first-order chi connectivity index (χ1) is 7.69. The number of nitrogens with zero attached hydrogens (tertiary/aromatic N) is 1. The fourth-order valence-corrected chi connectivity index (χ4v) is 2.37. The zero-order valence-electron chi connectivity index (χ0n) is 9.33. The van der Waals surface area contributed by atoms with Gasteiger partial charge in [-0.2, -0.15) is 5.26 Å². The number of halogens is 1. The van der Waals surface area contributed by atoms with E-state index in [1.807, 2.05) is 18.2 Å². The average Bonchev–Trinajstić information content (AvgIpc) is 3.05. The van der Waals surface area contributed by atoms with Crippen molar-refractivity contribution in [3.8, 4) is 6.07 Å². The van der Waals surface area contributed by atoms with E-state index < -0.39 is 0 Å². The van der Waals surface area contributed by atoms with Crippen molar-refractivity contribution in [2.45, 2.75) is 32.2 Å². The van der Waals surface area contributed by atoms with Crippen LogP contribution in [-0.2, 0) is 0 Å². The standard InChI is InChI=1S/C13H15BrN2/c1-9(6-10-2-3-10)16-13-5-4-11(8-15)7-12(13)14/h4-5,7,9-10,16H,2-3,6H2,1H3. The highest BCUT2D eigenvalue weighted by atomic mass is 79.9. The maximum absolute atomic E-state index is 8.77. The van der Waals surface area contributed by atoms with Crippen LogP contribution in [0.4, 0.5) is 5.69 Å². The highest BCUT2D eigenvalue weighted by Gasteiger charge is 2.23. The van der Waals surface area contributed by atoms with Crippen LogP contribution in [0.3, 0.4) is 0 Å². The van der Waals surface area contributed by atoms with Gasteiger partial charge in [-0.25, -0.2) is 0 Å². The van der Waals surface area contributed by atoms with E-state index in [0.717, 1.165) is 16.1 Å². The molecule has 1 fully saturated rings. The number of rotatable bonds is 4. The van der Waals surface area contributed by atoms with Gasteiger partial charge in [0.2, 0.25) is 0 Å². The molecule has 0 heterocycles. The van der Waals surface area contributed by atoms with Crippen LogP contribution in [0, 0.1) is 17.2 Å². The fraction of sp³-hybridized carbons (Fsp3) is 0.462. The topological polar surface area (TPSA) is 35.8 Å². The Morgan fingerprint density at radius 2 is 2.31 bits per heavy atom. The summed E-state index contributed by atoms with van der Waals surface area (Å²) in [5.41, 5.74) is 1.76. The molecule has 2 nitrogen and oxygen atoms in total. The molecule has 16 heavy (non-hydrogen) atoms. The van der Waals surface area contributed by atoms with E-state index in [-0.39, 0.29) is 0 Å². The third kappa shape index (κ3) is 2.99. The van der Waals surface area contributed by atoms with Gasteiger partial charge in [-0.15, -0.1) is 0 Å². The van der Waals surface area contributed by atoms with Crippen LogP contribution < -0.4 is 5.32 Å². The molecule has 84 valence electrons. The van der Waals surface area contributed by atoms with Gasteiger partial charge in [-0.1, -0.05) is 12.8 Å². The molecule has 1 N–H and O–H groups in total. The van der Waals surface area contributed by atoms with Crippen LogP contribution in [0.25, 0.3) is 0 Å². The second-order valence-electron chi connectivity index (χ2n) is 4.53. The molecule has 0 aliphatic heterocycles. The zero-order chi connectivity index (χ0) is 11.5. The summed E-state index contributed by atoms with van der Waals surface area (Å²) in [7, 11) is 0. The Hall–Kier alpha value is -1.01. The summed E-state index contributed by atoms with van der Waals surface area (Å²) in [6.45, 7) is 2.21. The summed E-state index contributed by atoms with van der Waals surface area (Å²) >= 11 is 3.48. The van der Waals surface area contributed by atoms with E-state index in [9.17, 15) is 0 Å². The summed E-state index contributed by atoms with van der Waals surface area (Å²) in [4.78, 5) is 0. The van der Waals surface area contributed by atoms with Gasteiger partial charge in [-0.05, 0) is 53.4 Å². The van der Waals surface area contributed by atoms with E-state index >= 15 is 0 Å². The van der Waals surface area contributed by atoms with Gasteiger partial charge in [0, 0.05) is 16.2 Å². The van der Waals surface area contributed by atoms with E-state index in [2.05, 4.69) is 34.2 Å². The van der Waals surface area contributed by atoms with E-state index in [0.29, 0.717) is 11.6 Å². The van der Waals surface area contributed by atoms with Gasteiger partial charge in [0.1, 0.15) is 0 Å². The minimum absolute atomic E-state index is 0.497. The van der Waals surface area contributed by atoms with Crippen LogP contribution in [0.2, 0.25) is 0 Å². The summed E-state index contributed by atoms with van der Waals surface area (Å²) < 4.78 is 0.967. The first-order valence-corrected chi connectivity index (χ1v) is 6.44. The van der Waals surface area contributed by atoms with Crippen molar-refractivity contribution in [3.63, 3.8) is 0 Å². The normalized spacial score (nSPS) is 16.6. The molecule has 0 radical (unpaired) electrons. The van der Waals surface area contributed by atoms with Crippen LogP contribution in [0.1, 0.15) is 31.7 Å². The van der Waals surface area contributed by atoms with E-state index in [1.54, 1.807) is 0 Å². The second kappa shape index (κ2) is 4.88.